The van der Waals surface area contributed by atoms with Gasteiger partial charge in [-0.05, 0) is 42.8 Å². The molecular formula is C15H13FN2. The fourth-order valence-electron chi connectivity index (χ4n) is 1.83. The van der Waals surface area contributed by atoms with Gasteiger partial charge >= 0.3 is 0 Å². The van der Waals surface area contributed by atoms with Crippen LogP contribution < -0.4 is 0 Å². The van der Waals surface area contributed by atoms with E-state index in [0.29, 0.717) is 11.1 Å². The third kappa shape index (κ3) is 2.49. The van der Waals surface area contributed by atoms with Gasteiger partial charge in [0.05, 0.1) is 11.6 Å². The molecule has 0 N–H and O–H groups in total. The maximum Gasteiger partial charge on any atom is 0.123 e. The molecule has 0 unspecified atom stereocenters. The quantitative estimate of drug-likeness (QED) is 0.752. The fraction of sp³-hybridized carbons (Fsp3) is 0.133. The van der Waals surface area contributed by atoms with E-state index < -0.39 is 0 Å². The number of hydrogen-bond donors (Lipinski definition) is 0. The lowest BCUT2D eigenvalue weighted by Crippen LogP contribution is -1.94. The normalized spacial score (nSPS) is 11.3. The third-order valence-corrected chi connectivity index (χ3v) is 2.75. The molecule has 0 aliphatic heterocycles. The Bertz CT molecular complexity index is 617. The molecule has 0 aliphatic rings. The zero-order chi connectivity index (χ0) is 13.0. The summed E-state index contributed by atoms with van der Waals surface area (Å²) in [6.45, 7) is 2.87. The molecule has 0 amide bonds. The van der Waals surface area contributed by atoms with Crippen LogP contribution in [0.5, 0.6) is 0 Å². The van der Waals surface area contributed by atoms with Gasteiger partial charge < -0.3 is 4.57 Å². The lowest BCUT2D eigenvalue weighted by molar-refractivity contribution is 0.627. The second kappa shape index (κ2) is 5.33. The number of aromatic nitrogens is 1. The number of nitrogens with zero attached hydrogens (tertiary/aromatic N) is 2. The summed E-state index contributed by atoms with van der Waals surface area (Å²) in [5.74, 6) is -0.334. The molecule has 2 nitrogen and oxygen atoms in total. The van der Waals surface area contributed by atoms with Crippen molar-refractivity contribution >= 4 is 11.6 Å². The molecule has 0 saturated heterocycles. The Labute approximate surface area is 106 Å². The number of rotatable bonds is 3. The third-order valence-electron chi connectivity index (χ3n) is 2.75. The summed E-state index contributed by atoms with van der Waals surface area (Å²) >= 11 is 0. The number of allylic oxidation sites excluding steroid dienone is 1. The molecule has 90 valence electrons. The largest absolute Gasteiger partial charge is 0.348 e. The van der Waals surface area contributed by atoms with E-state index in [4.69, 9.17) is 0 Å². The van der Waals surface area contributed by atoms with Crippen LogP contribution in [0.25, 0.3) is 11.6 Å². The van der Waals surface area contributed by atoms with Crippen LogP contribution >= 0.6 is 0 Å². The summed E-state index contributed by atoms with van der Waals surface area (Å²) < 4.78 is 15.2. The first-order chi connectivity index (χ1) is 8.74. The predicted molar refractivity (Wildman–Crippen MR) is 70.0 cm³/mol. The highest BCUT2D eigenvalue weighted by Crippen LogP contribution is 2.18. The van der Waals surface area contributed by atoms with Crippen molar-refractivity contribution in [3.8, 4) is 6.07 Å². The maximum absolute atomic E-state index is 13.1. The van der Waals surface area contributed by atoms with Crippen molar-refractivity contribution in [2.45, 2.75) is 13.5 Å². The van der Waals surface area contributed by atoms with E-state index in [0.717, 1.165) is 12.2 Å². The summed E-state index contributed by atoms with van der Waals surface area (Å²) in [5, 5.41) is 9.18. The van der Waals surface area contributed by atoms with Gasteiger partial charge in [0, 0.05) is 18.4 Å². The van der Waals surface area contributed by atoms with E-state index in [1.807, 2.05) is 29.8 Å². The minimum absolute atomic E-state index is 0.334. The Morgan fingerprint density at radius 3 is 2.89 bits per heavy atom. The first kappa shape index (κ1) is 12.1. The fourth-order valence-corrected chi connectivity index (χ4v) is 1.83. The van der Waals surface area contributed by atoms with Gasteiger partial charge in [0.15, 0.2) is 0 Å². The Morgan fingerprint density at radius 1 is 1.39 bits per heavy atom. The molecule has 0 spiro atoms. The van der Waals surface area contributed by atoms with Gasteiger partial charge in [-0.2, -0.15) is 5.26 Å². The van der Waals surface area contributed by atoms with Crippen molar-refractivity contribution in [3.63, 3.8) is 0 Å². The molecule has 1 aromatic carbocycles. The molecule has 0 aliphatic carbocycles. The van der Waals surface area contributed by atoms with Gasteiger partial charge in [0.25, 0.3) is 0 Å². The number of nitriles is 1. The van der Waals surface area contributed by atoms with Crippen molar-refractivity contribution < 1.29 is 4.39 Å². The minimum Gasteiger partial charge on any atom is -0.348 e. The maximum atomic E-state index is 13.1. The second-order valence-electron chi connectivity index (χ2n) is 3.90. The van der Waals surface area contributed by atoms with E-state index in [1.54, 1.807) is 18.2 Å². The molecule has 0 saturated carbocycles. The monoisotopic (exact) mass is 240 g/mol. The van der Waals surface area contributed by atoms with Crippen LogP contribution in [-0.2, 0) is 6.54 Å². The zero-order valence-electron chi connectivity index (χ0n) is 10.1. The van der Waals surface area contributed by atoms with Crippen molar-refractivity contribution in [1.29, 1.82) is 5.26 Å². The lowest BCUT2D eigenvalue weighted by atomic mass is 10.1. The molecule has 18 heavy (non-hydrogen) atoms. The molecule has 0 bridgehead atoms. The van der Waals surface area contributed by atoms with Crippen LogP contribution in [-0.4, -0.2) is 4.57 Å². The Kier molecular flexibility index (Phi) is 3.59. The van der Waals surface area contributed by atoms with Gasteiger partial charge in [-0.25, -0.2) is 4.39 Å². The average molecular weight is 240 g/mol. The highest BCUT2D eigenvalue weighted by atomic mass is 19.1. The summed E-state index contributed by atoms with van der Waals surface area (Å²) in [6.07, 6.45) is 3.73. The summed E-state index contributed by atoms with van der Waals surface area (Å²) in [6, 6.07) is 12.1. The highest BCUT2D eigenvalue weighted by molar-refractivity contribution is 5.89. The second-order valence-corrected chi connectivity index (χ2v) is 3.90. The number of benzene rings is 1. The topological polar surface area (TPSA) is 28.7 Å². The van der Waals surface area contributed by atoms with E-state index in [2.05, 4.69) is 6.07 Å². The van der Waals surface area contributed by atoms with Crippen LogP contribution in [0.1, 0.15) is 18.2 Å². The van der Waals surface area contributed by atoms with Gasteiger partial charge in [-0.15, -0.1) is 0 Å². The van der Waals surface area contributed by atoms with Crippen molar-refractivity contribution in [2.75, 3.05) is 0 Å². The highest BCUT2D eigenvalue weighted by Gasteiger charge is 2.04. The number of aryl methyl sites for hydroxylation is 1. The van der Waals surface area contributed by atoms with E-state index in [1.165, 1.54) is 12.1 Å². The van der Waals surface area contributed by atoms with Gasteiger partial charge in [-0.1, -0.05) is 12.1 Å². The van der Waals surface area contributed by atoms with Crippen LogP contribution in [0.2, 0.25) is 0 Å². The van der Waals surface area contributed by atoms with Crippen molar-refractivity contribution in [3.05, 3.63) is 59.7 Å². The summed E-state index contributed by atoms with van der Waals surface area (Å²) in [7, 11) is 0. The van der Waals surface area contributed by atoms with Crippen LogP contribution in [0.15, 0.2) is 42.6 Å². The number of hydrogen-bond acceptors (Lipinski definition) is 1. The SMILES string of the molecule is CCn1cccc1/C=C(/C#N)c1cccc(F)c1. The molecule has 2 aromatic rings. The van der Waals surface area contributed by atoms with Gasteiger partial charge in [-0.3, -0.25) is 0 Å². The van der Waals surface area contributed by atoms with E-state index in [-0.39, 0.29) is 5.82 Å². The van der Waals surface area contributed by atoms with Crippen molar-refractivity contribution in [1.82, 2.24) is 4.57 Å². The molecule has 1 aromatic heterocycles. The molecule has 2 rings (SSSR count). The van der Waals surface area contributed by atoms with Gasteiger partial charge in [0.1, 0.15) is 5.82 Å². The molecular weight excluding hydrogens is 227 g/mol. The van der Waals surface area contributed by atoms with Crippen molar-refractivity contribution in [2.24, 2.45) is 0 Å². The Morgan fingerprint density at radius 2 is 2.22 bits per heavy atom. The predicted octanol–water partition coefficient (Wildman–Crippen LogP) is 3.71. The van der Waals surface area contributed by atoms with Crippen LogP contribution in [0, 0.1) is 17.1 Å². The molecule has 1 heterocycles. The van der Waals surface area contributed by atoms with E-state index >= 15 is 0 Å². The average Bonchev–Trinajstić information content (AvgIpc) is 2.83. The van der Waals surface area contributed by atoms with E-state index in [9.17, 15) is 9.65 Å². The summed E-state index contributed by atoms with van der Waals surface area (Å²) in [5.41, 5.74) is 2.00. The Balaban J connectivity index is 2.44. The zero-order valence-corrected chi connectivity index (χ0v) is 10.1. The number of halogens is 1. The smallest absolute Gasteiger partial charge is 0.123 e. The van der Waals surface area contributed by atoms with Crippen LogP contribution in [0.3, 0.4) is 0 Å². The Hall–Kier alpha value is -2.34. The molecule has 0 radical (unpaired) electrons. The standard InChI is InChI=1S/C15H13FN2/c1-2-18-8-4-7-15(18)10-13(11-17)12-5-3-6-14(16)9-12/h3-10H,2H2,1H3/b13-10-. The molecule has 0 fully saturated rings. The van der Waals surface area contributed by atoms with Gasteiger partial charge in [0.2, 0.25) is 0 Å². The molecule has 3 heteroatoms. The van der Waals surface area contributed by atoms with Crippen LogP contribution in [0.4, 0.5) is 4.39 Å². The first-order valence-electron chi connectivity index (χ1n) is 5.77. The lowest BCUT2D eigenvalue weighted by Gasteiger charge is -2.03. The first-order valence-corrected chi connectivity index (χ1v) is 5.77. The molecule has 0 atom stereocenters. The summed E-state index contributed by atoms with van der Waals surface area (Å²) in [4.78, 5) is 0. The minimum atomic E-state index is -0.334.